The molecule has 0 bridgehead atoms. The van der Waals surface area contributed by atoms with Crippen molar-refractivity contribution in [2.75, 3.05) is 11.9 Å². The Labute approximate surface area is 107 Å². The minimum Gasteiger partial charge on any atom is -0.508 e. The lowest BCUT2D eigenvalue weighted by atomic mass is 9.90. The lowest BCUT2D eigenvalue weighted by Gasteiger charge is -2.28. The van der Waals surface area contributed by atoms with Gasteiger partial charge in [-0.15, -0.1) is 0 Å². The van der Waals surface area contributed by atoms with Crippen molar-refractivity contribution in [2.45, 2.75) is 32.2 Å². The van der Waals surface area contributed by atoms with Crippen LogP contribution in [0.3, 0.4) is 0 Å². The van der Waals surface area contributed by atoms with Gasteiger partial charge in [0.1, 0.15) is 5.75 Å². The van der Waals surface area contributed by atoms with E-state index < -0.39 is 0 Å². The highest BCUT2D eigenvalue weighted by Gasteiger charge is 2.25. The van der Waals surface area contributed by atoms with Crippen LogP contribution in [0, 0.1) is 5.92 Å². The van der Waals surface area contributed by atoms with Crippen molar-refractivity contribution in [3.63, 3.8) is 0 Å². The smallest absolute Gasteiger partial charge is 0.241 e. The number of nitrogens with one attached hydrogen (secondary N) is 2. The van der Waals surface area contributed by atoms with Crippen LogP contribution < -0.4 is 10.6 Å². The van der Waals surface area contributed by atoms with Crippen LogP contribution in [-0.2, 0) is 4.79 Å². The Bertz CT molecular complexity index is 420. The lowest BCUT2D eigenvalue weighted by molar-refractivity contribution is -0.119. The van der Waals surface area contributed by atoms with E-state index in [9.17, 15) is 9.90 Å². The van der Waals surface area contributed by atoms with Crippen molar-refractivity contribution in [3.05, 3.63) is 24.3 Å². The Morgan fingerprint density at radius 3 is 3.11 bits per heavy atom. The number of benzene rings is 1. The summed E-state index contributed by atoms with van der Waals surface area (Å²) < 4.78 is 0. The topological polar surface area (TPSA) is 61.4 Å². The first-order valence-corrected chi connectivity index (χ1v) is 6.52. The number of piperidine rings is 1. The minimum atomic E-state index is -0.119. The molecule has 0 aliphatic carbocycles. The van der Waals surface area contributed by atoms with Crippen molar-refractivity contribution in [2.24, 2.45) is 5.92 Å². The number of carbonyl (C=O) groups is 1. The van der Waals surface area contributed by atoms with E-state index in [4.69, 9.17) is 0 Å². The van der Waals surface area contributed by atoms with E-state index >= 15 is 0 Å². The maximum Gasteiger partial charge on any atom is 0.241 e. The van der Waals surface area contributed by atoms with Crippen molar-refractivity contribution in [1.82, 2.24) is 5.32 Å². The number of phenols is 1. The highest BCUT2D eigenvalue weighted by atomic mass is 16.3. The summed E-state index contributed by atoms with van der Waals surface area (Å²) in [5.41, 5.74) is 0.639. The molecule has 1 amide bonds. The number of anilines is 1. The molecule has 1 aromatic carbocycles. The molecule has 1 fully saturated rings. The summed E-state index contributed by atoms with van der Waals surface area (Å²) >= 11 is 0. The monoisotopic (exact) mass is 248 g/mol. The molecule has 2 rings (SSSR count). The number of hydrogen-bond donors (Lipinski definition) is 3. The van der Waals surface area contributed by atoms with Crippen LogP contribution in [-0.4, -0.2) is 23.6 Å². The molecule has 1 aliphatic rings. The van der Waals surface area contributed by atoms with Crippen molar-refractivity contribution in [3.8, 4) is 5.75 Å². The second-order valence-electron chi connectivity index (χ2n) is 4.84. The summed E-state index contributed by atoms with van der Waals surface area (Å²) in [7, 11) is 0. The van der Waals surface area contributed by atoms with E-state index in [0.717, 1.165) is 25.8 Å². The van der Waals surface area contributed by atoms with Gasteiger partial charge in [0.05, 0.1) is 6.04 Å². The molecule has 18 heavy (non-hydrogen) atoms. The van der Waals surface area contributed by atoms with E-state index in [-0.39, 0.29) is 17.7 Å². The lowest BCUT2D eigenvalue weighted by Crippen LogP contribution is -2.46. The molecule has 1 heterocycles. The Balaban J connectivity index is 1.95. The number of carbonyl (C=O) groups excluding carboxylic acids is 1. The molecule has 0 spiro atoms. The first-order chi connectivity index (χ1) is 8.69. The van der Waals surface area contributed by atoms with Crippen molar-refractivity contribution in [1.29, 1.82) is 0 Å². The molecule has 0 saturated carbocycles. The quantitative estimate of drug-likeness (QED) is 0.767. The minimum absolute atomic E-state index is 0.0150. The average Bonchev–Trinajstić information content (AvgIpc) is 2.39. The van der Waals surface area contributed by atoms with Crippen LogP contribution in [0.4, 0.5) is 5.69 Å². The van der Waals surface area contributed by atoms with Gasteiger partial charge in [-0.2, -0.15) is 0 Å². The van der Waals surface area contributed by atoms with E-state index in [0.29, 0.717) is 11.6 Å². The van der Waals surface area contributed by atoms with Gasteiger partial charge in [-0.1, -0.05) is 19.4 Å². The Kier molecular flexibility index (Phi) is 4.20. The fourth-order valence-electron chi connectivity index (χ4n) is 2.38. The van der Waals surface area contributed by atoms with Crippen molar-refractivity contribution >= 4 is 11.6 Å². The third kappa shape index (κ3) is 3.23. The van der Waals surface area contributed by atoms with Gasteiger partial charge in [0.2, 0.25) is 5.91 Å². The summed E-state index contributed by atoms with van der Waals surface area (Å²) in [5.74, 6) is 0.778. The van der Waals surface area contributed by atoms with Gasteiger partial charge in [-0.05, 0) is 37.4 Å². The summed E-state index contributed by atoms with van der Waals surface area (Å²) in [6.45, 7) is 3.07. The molecule has 4 heteroatoms. The SMILES string of the molecule is CCC1CCNC(C(=O)Nc2cccc(O)c2)C1. The molecule has 1 aromatic rings. The molecular formula is C14H20N2O2. The highest BCUT2D eigenvalue weighted by molar-refractivity contribution is 5.95. The number of hydrogen-bond acceptors (Lipinski definition) is 3. The molecule has 98 valence electrons. The van der Waals surface area contributed by atoms with Gasteiger partial charge in [-0.25, -0.2) is 0 Å². The molecule has 2 unspecified atom stereocenters. The van der Waals surface area contributed by atoms with Crippen LogP contribution in [0.25, 0.3) is 0 Å². The molecule has 1 aliphatic heterocycles. The zero-order valence-electron chi connectivity index (χ0n) is 10.6. The van der Waals surface area contributed by atoms with Crippen LogP contribution >= 0.6 is 0 Å². The number of rotatable bonds is 3. The molecule has 3 N–H and O–H groups in total. The van der Waals surface area contributed by atoms with Crippen LogP contribution in [0.1, 0.15) is 26.2 Å². The molecule has 1 saturated heterocycles. The average molecular weight is 248 g/mol. The predicted octanol–water partition coefficient (Wildman–Crippen LogP) is 2.11. The van der Waals surface area contributed by atoms with E-state index in [1.54, 1.807) is 24.3 Å². The Morgan fingerprint density at radius 2 is 2.39 bits per heavy atom. The summed E-state index contributed by atoms with van der Waals surface area (Å²) in [6, 6.07) is 6.51. The van der Waals surface area contributed by atoms with Crippen molar-refractivity contribution < 1.29 is 9.90 Å². The molecule has 2 atom stereocenters. The van der Waals surface area contributed by atoms with Gasteiger partial charge >= 0.3 is 0 Å². The predicted molar refractivity (Wildman–Crippen MR) is 71.5 cm³/mol. The van der Waals surface area contributed by atoms with Gasteiger partial charge < -0.3 is 15.7 Å². The van der Waals surface area contributed by atoms with Crippen LogP contribution in [0.15, 0.2) is 24.3 Å². The maximum absolute atomic E-state index is 12.1. The molecule has 4 nitrogen and oxygen atoms in total. The van der Waals surface area contributed by atoms with Crippen LogP contribution in [0.2, 0.25) is 0 Å². The largest absolute Gasteiger partial charge is 0.508 e. The zero-order valence-corrected chi connectivity index (χ0v) is 10.6. The molecule has 0 aromatic heterocycles. The molecule has 0 radical (unpaired) electrons. The number of phenolic OH excluding ortho intramolecular Hbond substituents is 1. The van der Waals surface area contributed by atoms with Gasteiger partial charge in [-0.3, -0.25) is 4.79 Å². The van der Waals surface area contributed by atoms with E-state index in [1.165, 1.54) is 0 Å². The fourth-order valence-corrected chi connectivity index (χ4v) is 2.38. The number of amides is 1. The fraction of sp³-hybridized carbons (Fsp3) is 0.500. The third-order valence-electron chi connectivity index (χ3n) is 3.52. The zero-order chi connectivity index (χ0) is 13.0. The normalized spacial score (nSPS) is 23.6. The van der Waals surface area contributed by atoms with E-state index in [1.807, 2.05) is 0 Å². The maximum atomic E-state index is 12.1. The van der Waals surface area contributed by atoms with Gasteiger partial charge in [0.15, 0.2) is 0 Å². The second kappa shape index (κ2) is 5.87. The highest BCUT2D eigenvalue weighted by Crippen LogP contribution is 2.21. The second-order valence-corrected chi connectivity index (χ2v) is 4.84. The summed E-state index contributed by atoms with van der Waals surface area (Å²) in [4.78, 5) is 12.1. The van der Waals surface area contributed by atoms with Crippen LogP contribution in [0.5, 0.6) is 5.75 Å². The molecular weight excluding hydrogens is 228 g/mol. The first-order valence-electron chi connectivity index (χ1n) is 6.52. The van der Waals surface area contributed by atoms with E-state index in [2.05, 4.69) is 17.6 Å². The van der Waals surface area contributed by atoms with Gasteiger partial charge in [0, 0.05) is 11.8 Å². The Morgan fingerprint density at radius 1 is 1.56 bits per heavy atom. The number of aromatic hydroxyl groups is 1. The summed E-state index contributed by atoms with van der Waals surface area (Å²) in [6.07, 6.45) is 3.16. The first kappa shape index (κ1) is 12.9. The summed E-state index contributed by atoms with van der Waals surface area (Å²) in [5, 5.41) is 15.4. The Hall–Kier alpha value is -1.55. The standard InChI is InChI=1S/C14H20N2O2/c1-2-10-6-7-15-13(8-10)14(18)16-11-4-3-5-12(17)9-11/h3-5,9-10,13,15,17H,2,6-8H2,1H3,(H,16,18). The van der Waals surface area contributed by atoms with Gasteiger partial charge in [0.25, 0.3) is 0 Å². The third-order valence-corrected chi connectivity index (χ3v) is 3.52.